The fourth-order valence-corrected chi connectivity index (χ4v) is 4.58. The first-order valence-electron chi connectivity index (χ1n) is 9.82. The van der Waals surface area contributed by atoms with Crippen molar-refractivity contribution in [1.82, 2.24) is 4.90 Å². The molecule has 1 fully saturated rings. The summed E-state index contributed by atoms with van der Waals surface area (Å²) in [6.45, 7) is 5.40. The summed E-state index contributed by atoms with van der Waals surface area (Å²) in [6, 6.07) is 13.5. The van der Waals surface area contributed by atoms with Crippen LogP contribution in [0.5, 0.6) is 0 Å². The number of hydrogen-bond acceptors (Lipinski definition) is 4. The first kappa shape index (κ1) is 22.3. The Bertz CT molecular complexity index is 934. The van der Waals surface area contributed by atoms with Crippen LogP contribution in [0, 0.1) is 0 Å². The Morgan fingerprint density at radius 1 is 1.10 bits per heavy atom. The van der Waals surface area contributed by atoms with Gasteiger partial charge in [-0.2, -0.15) is 0 Å². The number of ether oxygens (including phenoxy) is 1. The van der Waals surface area contributed by atoms with Crippen molar-refractivity contribution < 1.29 is 31.6 Å². The molecule has 9 heteroatoms. The van der Waals surface area contributed by atoms with Crippen molar-refractivity contribution in [1.29, 1.82) is 0 Å². The Labute approximate surface area is 186 Å². The molecule has 0 aliphatic carbocycles. The number of carbonyl (C=O) groups is 2. The number of benzene rings is 2. The van der Waals surface area contributed by atoms with Crippen molar-refractivity contribution in [2.24, 2.45) is 0 Å². The highest BCUT2D eigenvalue weighted by atomic mass is 35.5. The Hall–Kier alpha value is -2.42. The number of carbonyl (C=O) groups excluding carboxylic acids is 2. The number of para-hydroxylation sites is 1. The van der Waals surface area contributed by atoms with Crippen molar-refractivity contribution in [3.8, 4) is 0 Å². The van der Waals surface area contributed by atoms with Crippen LogP contribution in [0.25, 0.3) is 0 Å². The van der Waals surface area contributed by atoms with Gasteiger partial charge < -0.3 is 26.9 Å². The molecule has 2 aromatic carbocycles. The second-order valence-electron chi connectivity index (χ2n) is 7.16. The number of anilines is 3. The summed E-state index contributed by atoms with van der Waals surface area (Å²) in [5.41, 5.74) is 2.25. The number of hydrogen-bond donors (Lipinski definition) is 2. The summed E-state index contributed by atoms with van der Waals surface area (Å²) in [7, 11) is 2.15. The molecule has 3 amide bonds. The van der Waals surface area contributed by atoms with Crippen LogP contribution in [-0.4, -0.2) is 56.9 Å². The number of urea groups is 1. The van der Waals surface area contributed by atoms with E-state index >= 15 is 0 Å². The largest absolute Gasteiger partial charge is 1.00 e. The number of halogens is 1. The lowest BCUT2D eigenvalue weighted by Crippen LogP contribution is -3.12. The molecule has 0 radical (unpaired) electrons. The average Bonchev–Trinajstić information content (AvgIpc) is 2.72. The van der Waals surface area contributed by atoms with Crippen molar-refractivity contribution >= 4 is 40.9 Å². The minimum atomic E-state index is -0.503. The quantitative estimate of drug-likeness (QED) is 0.668. The van der Waals surface area contributed by atoms with E-state index in [9.17, 15) is 9.59 Å². The standard InChI is InChI=1S/C21H24N4O3S.ClH/c1-3-28-20(26)22-15-8-9-19-17(14-15)25(16-6-4-5-7-18(16)29-19)21(27)24-12-10-23(2)11-13-24;/h4-9,14H,3,10-13H2,1-2H3,(H,22,26);1H. The van der Waals surface area contributed by atoms with Crippen LogP contribution >= 0.6 is 11.8 Å². The van der Waals surface area contributed by atoms with Gasteiger partial charge in [-0.25, -0.2) is 9.59 Å². The van der Waals surface area contributed by atoms with Crippen LogP contribution in [0.15, 0.2) is 52.3 Å². The lowest BCUT2D eigenvalue weighted by atomic mass is 10.2. The van der Waals surface area contributed by atoms with Crippen LogP contribution in [0.4, 0.5) is 26.7 Å². The Morgan fingerprint density at radius 2 is 1.80 bits per heavy atom. The van der Waals surface area contributed by atoms with E-state index in [0.717, 1.165) is 47.3 Å². The maximum Gasteiger partial charge on any atom is 0.411 e. The molecule has 2 N–H and O–H groups in total. The van der Waals surface area contributed by atoms with E-state index < -0.39 is 6.09 Å². The predicted octanol–water partition coefficient (Wildman–Crippen LogP) is -0.188. The Balaban J connectivity index is 0.00000256. The van der Waals surface area contributed by atoms with Gasteiger partial charge >= 0.3 is 12.1 Å². The molecule has 1 saturated heterocycles. The minimum absolute atomic E-state index is 0. The molecule has 0 saturated carbocycles. The van der Waals surface area contributed by atoms with E-state index in [1.165, 1.54) is 4.90 Å². The normalized spacial score (nSPS) is 15.5. The third kappa shape index (κ3) is 4.50. The number of nitrogens with one attached hydrogen (secondary N) is 2. The molecule has 2 aliphatic rings. The van der Waals surface area contributed by atoms with E-state index in [2.05, 4.69) is 12.4 Å². The number of likely N-dealkylation sites (N-methyl/N-ethyl adjacent to an activating group) is 1. The zero-order valence-corrected chi connectivity index (χ0v) is 18.6. The summed E-state index contributed by atoms with van der Waals surface area (Å²) in [5, 5.41) is 2.74. The SMILES string of the molecule is CCOC(=O)Nc1ccc2c(c1)N(C(=O)N1CC[NH+](C)CC1)c1ccccc1S2.[Cl-]. The Morgan fingerprint density at radius 3 is 2.53 bits per heavy atom. The molecular weight excluding hydrogens is 424 g/mol. The summed E-state index contributed by atoms with van der Waals surface area (Å²) in [6.07, 6.45) is -0.503. The lowest BCUT2D eigenvalue weighted by molar-refractivity contribution is -0.883. The molecule has 4 rings (SSSR count). The monoisotopic (exact) mass is 448 g/mol. The third-order valence-electron chi connectivity index (χ3n) is 5.13. The second kappa shape index (κ2) is 9.59. The van der Waals surface area contributed by atoms with Crippen LogP contribution in [0.1, 0.15) is 6.92 Å². The topological polar surface area (TPSA) is 66.3 Å². The van der Waals surface area contributed by atoms with Crippen molar-refractivity contribution in [2.45, 2.75) is 16.7 Å². The van der Waals surface area contributed by atoms with E-state index in [0.29, 0.717) is 12.3 Å². The number of nitrogens with zero attached hydrogens (tertiary/aromatic N) is 2. The summed E-state index contributed by atoms with van der Waals surface area (Å²) < 4.78 is 4.98. The second-order valence-corrected chi connectivity index (χ2v) is 8.24. The molecule has 160 valence electrons. The molecule has 0 atom stereocenters. The number of quaternary nitrogens is 1. The first-order chi connectivity index (χ1) is 14.1. The van der Waals surface area contributed by atoms with E-state index in [1.54, 1.807) is 23.6 Å². The summed E-state index contributed by atoms with van der Waals surface area (Å²) >= 11 is 1.63. The molecule has 30 heavy (non-hydrogen) atoms. The predicted molar refractivity (Wildman–Crippen MR) is 113 cm³/mol. The average molecular weight is 449 g/mol. The van der Waals surface area contributed by atoms with Gasteiger partial charge in [0, 0.05) is 15.5 Å². The van der Waals surface area contributed by atoms with Gasteiger partial charge in [0.15, 0.2) is 0 Å². The summed E-state index contributed by atoms with van der Waals surface area (Å²) in [5.74, 6) is 0. The molecular formula is C21H25ClN4O3S. The third-order valence-corrected chi connectivity index (χ3v) is 6.26. The van der Waals surface area contributed by atoms with Crippen LogP contribution in [-0.2, 0) is 4.74 Å². The van der Waals surface area contributed by atoms with Crippen LogP contribution in [0.2, 0.25) is 0 Å². The molecule has 0 spiro atoms. The zero-order chi connectivity index (χ0) is 20.4. The number of amides is 3. The molecule has 0 aromatic heterocycles. The van der Waals surface area contributed by atoms with Crippen LogP contribution in [0.3, 0.4) is 0 Å². The highest BCUT2D eigenvalue weighted by molar-refractivity contribution is 7.99. The van der Waals surface area contributed by atoms with Crippen molar-refractivity contribution in [3.05, 3.63) is 42.5 Å². The molecule has 2 aromatic rings. The smallest absolute Gasteiger partial charge is 0.411 e. The Kier molecular flexibility index (Phi) is 7.12. The van der Waals surface area contributed by atoms with Crippen molar-refractivity contribution in [3.63, 3.8) is 0 Å². The van der Waals surface area contributed by atoms with Crippen molar-refractivity contribution in [2.75, 3.05) is 50.1 Å². The molecule has 0 bridgehead atoms. The highest BCUT2D eigenvalue weighted by Crippen LogP contribution is 2.49. The molecule has 0 unspecified atom stereocenters. The molecule has 7 nitrogen and oxygen atoms in total. The zero-order valence-electron chi connectivity index (χ0n) is 17.0. The van der Waals surface area contributed by atoms with Gasteiger partial charge in [0.2, 0.25) is 0 Å². The van der Waals surface area contributed by atoms with Gasteiger partial charge in [0.1, 0.15) is 0 Å². The van der Waals surface area contributed by atoms with Crippen LogP contribution < -0.4 is 27.5 Å². The number of piperazine rings is 1. The molecule has 2 aliphatic heterocycles. The molecule has 2 heterocycles. The first-order valence-corrected chi connectivity index (χ1v) is 10.6. The van der Waals surface area contributed by atoms with Gasteiger partial charge in [-0.1, -0.05) is 23.9 Å². The van der Waals surface area contributed by atoms with Gasteiger partial charge in [-0.3, -0.25) is 10.2 Å². The van der Waals surface area contributed by atoms with Gasteiger partial charge in [0.05, 0.1) is 51.2 Å². The fraction of sp³-hybridized carbons (Fsp3) is 0.333. The van der Waals surface area contributed by atoms with Gasteiger partial charge in [-0.05, 0) is 37.3 Å². The van der Waals surface area contributed by atoms with E-state index in [1.807, 2.05) is 47.4 Å². The highest BCUT2D eigenvalue weighted by Gasteiger charge is 2.33. The van der Waals surface area contributed by atoms with Gasteiger partial charge in [0.25, 0.3) is 0 Å². The minimum Gasteiger partial charge on any atom is -1.00 e. The number of fused-ring (bicyclic) bond motifs is 2. The van der Waals surface area contributed by atoms with E-state index in [-0.39, 0.29) is 18.4 Å². The van der Waals surface area contributed by atoms with E-state index in [4.69, 9.17) is 4.74 Å². The maximum atomic E-state index is 13.5. The fourth-order valence-electron chi connectivity index (χ4n) is 3.54. The van der Waals surface area contributed by atoms with Gasteiger partial charge in [-0.15, -0.1) is 0 Å². The number of rotatable bonds is 2. The summed E-state index contributed by atoms with van der Waals surface area (Å²) in [4.78, 5) is 32.5. The lowest BCUT2D eigenvalue weighted by Gasteiger charge is -2.37. The maximum absolute atomic E-state index is 13.5.